The first-order chi connectivity index (χ1) is 8.60. The maximum atomic E-state index is 5.92. The molecule has 0 aliphatic heterocycles. The van der Waals surface area contributed by atoms with Crippen LogP contribution in [0, 0.1) is 12.3 Å². The monoisotopic (exact) mass is 249 g/mol. The Bertz CT molecular complexity index is 362. The molecule has 0 rings (SSSR count). The SMILES string of the molecule is C#C/C=C\C(=C/C)N(/N=C(\CC)OCC)C(C)N. The summed E-state index contributed by atoms with van der Waals surface area (Å²) in [5, 5.41) is 6.12. The maximum absolute atomic E-state index is 5.92. The van der Waals surface area contributed by atoms with E-state index in [4.69, 9.17) is 16.9 Å². The van der Waals surface area contributed by atoms with Crippen LogP contribution in [0.4, 0.5) is 0 Å². The zero-order valence-electron chi connectivity index (χ0n) is 11.7. The lowest BCUT2D eigenvalue weighted by atomic mass is 10.3. The average Bonchev–Trinajstić information content (AvgIpc) is 2.36. The van der Waals surface area contributed by atoms with Gasteiger partial charge in [-0.3, -0.25) is 0 Å². The zero-order chi connectivity index (χ0) is 14.0. The molecule has 0 aliphatic rings. The van der Waals surface area contributed by atoms with E-state index in [1.165, 1.54) is 0 Å². The van der Waals surface area contributed by atoms with E-state index in [0.717, 1.165) is 5.70 Å². The minimum Gasteiger partial charge on any atom is -0.480 e. The highest BCUT2D eigenvalue weighted by molar-refractivity contribution is 5.75. The summed E-state index contributed by atoms with van der Waals surface area (Å²) in [5.74, 6) is 3.11. The van der Waals surface area contributed by atoms with Crippen molar-refractivity contribution in [1.29, 1.82) is 0 Å². The first kappa shape index (κ1) is 16.3. The number of nitrogens with zero attached hydrogens (tertiary/aromatic N) is 2. The molecule has 4 nitrogen and oxygen atoms in total. The number of terminal acetylenes is 1. The Kier molecular flexibility index (Phi) is 8.42. The summed E-state index contributed by atoms with van der Waals surface area (Å²) in [6.45, 7) is 8.27. The molecule has 0 amide bonds. The van der Waals surface area contributed by atoms with Gasteiger partial charge in [0.15, 0.2) is 0 Å². The molecule has 0 aromatic rings. The van der Waals surface area contributed by atoms with Gasteiger partial charge in [-0.1, -0.05) is 18.9 Å². The third kappa shape index (κ3) is 5.55. The maximum Gasteiger partial charge on any atom is 0.206 e. The molecular weight excluding hydrogens is 226 g/mol. The summed E-state index contributed by atoms with van der Waals surface area (Å²) in [6, 6.07) is 0. The fourth-order valence-corrected chi connectivity index (χ4v) is 1.31. The van der Waals surface area contributed by atoms with Gasteiger partial charge >= 0.3 is 0 Å². The lowest BCUT2D eigenvalue weighted by molar-refractivity contribution is 0.258. The molecule has 1 atom stereocenters. The van der Waals surface area contributed by atoms with Crippen LogP contribution in [0.25, 0.3) is 0 Å². The van der Waals surface area contributed by atoms with Gasteiger partial charge in [0.05, 0.1) is 18.5 Å². The quantitative estimate of drug-likeness (QED) is 0.196. The predicted octanol–water partition coefficient (Wildman–Crippen LogP) is 2.45. The van der Waals surface area contributed by atoms with E-state index in [2.05, 4.69) is 11.0 Å². The van der Waals surface area contributed by atoms with Gasteiger partial charge in [-0.05, 0) is 32.9 Å². The van der Waals surface area contributed by atoms with Crippen molar-refractivity contribution in [3.63, 3.8) is 0 Å². The summed E-state index contributed by atoms with van der Waals surface area (Å²) in [6.07, 6.45) is 11.0. The van der Waals surface area contributed by atoms with Crippen molar-refractivity contribution in [2.45, 2.75) is 40.3 Å². The molecule has 0 fully saturated rings. The van der Waals surface area contributed by atoms with Gasteiger partial charge in [0, 0.05) is 6.42 Å². The Hall–Kier alpha value is -1.73. The molecule has 0 radical (unpaired) electrons. The number of hydrazone groups is 1. The van der Waals surface area contributed by atoms with Crippen LogP contribution < -0.4 is 5.73 Å². The second kappa shape index (κ2) is 9.32. The van der Waals surface area contributed by atoms with E-state index >= 15 is 0 Å². The minimum atomic E-state index is -0.263. The first-order valence-electron chi connectivity index (χ1n) is 6.14. The number of nitrogens with two attached hydrogens (primary N) is 1. The normalized spacial score (nSPS) is 14.4. The van der Waals surface area contributed by atoms with Crippen LogP contribution in [0.15, 0.2) is 29.0 Å². The lowest BCUT2D eigenvalue weighted by Crippen LogP contribution is -2.35. The van der Waals surface area contributed by atoms with Gasteiger partial charge in [-0.2, -0.15) is 0 Å². The molecule has 2 N–H and O–H groups in total. The number of hydrogen-bond acceptors (Lipinski definition) is 4. The molecule has 0 aliphatic carbocycles. The van der Waals surface area contributed by atoms with Crippen molar-refractivity contribution < 1.29 is 4.74 Å². The minimum absolute atomic E-state index is 0.263. The lowest BCUT2D eigenvalue weighted by Gasteiger charge is -2.25. The van der Waals surface area contributed by atoms with Crippen molar-refractivity contribution >= 4 is 5.90 Å². The van der Waals surface area contributed by atoms with E-state index in [1.807, 2.05) is 33.8 Å². The number of rotatable bonds is 6. The van der Waals surface area contributed by atoms with Gasteiger partial charge in [0.2, 0.25) is 5.90 Å². The van der Waals surface area contributed by atoms with Gasteiger partial charge in [0.25, 0.3) is 0 Å². The zero-order valence-corrected chi connectivity index (χ0v) is 11.7. The second-order valence-corrected chi connectivity index (χ2v) is 3.58. The Balaban J connectivity index is 5.18. The number of ether oxygens (including phenoxy) is 1. The molecule has 0 aromatic heterocycles. The second-order valence-electron chi connectivity index (χ2n) is 3.58. The van der Waals surface area contributed by atoms with E-state index in [0.29, 0.717) is 18.9 Å². The van der Waals surface area contributed by atoms with Gasteiger partial charge in [0.1, 0.15) is 0 Å². The molecule has 4 heteroatoms. The van der Waals surface area contributed by atoms with E-state index in [-0.39, 0.29) is 6.17 Å². The molecular formula is C14H23N3O. The Labute approximate surface area is 110 Å². The first-order valence-corrected chi connectivity index (χ1v) is 6.14. The van der Waals surface area contributed by atoms with Gasteiger partial charge in [-0.15, -0.1) is 11.5 Å². The third-order valence-corrected chi connectivity index (χ3v) is 2.13. The fourth-order valence-electron chi connectivity index (χ4n) is 1.31. The topological polar surface area (TPSA) is 50.8 Å². The molecule has 0 aromatic carbocycles. The predicted molar refractivity (Wildman–Crippen MR) is 76.6 cm³/mol. The van der Waals surface area contributed by atoms with E-state index in [1.54, 1.807) is 17.2 Å². The van der Waals surface area contributed by atoms with Crippen LogP contribution in [0.3, 0.4) is 0 Å². The number of allylic oxidation sites excluding steroid dienone is 3. The Morgan fingerprint density at radius 3 is 2.61 bits per heavy atom. The molecule has 0 bridgehead atoms. The average molecular weight is 249 g/mol. The molecule has 100 valence electrons. The van der Waals surface area contributed by atoms with Crippen molar-refractivity contribution in [2.24, 2.45) is 10.8 Å². The van der Waals surface area contributed by atoms with Crippen molar-refractivity contribution in [3.05, 3.63) is 23.9 Å². The third-order valence-electron chi connectivity index (χ3n) is 2.13. The van der Waals surface area contributed by atoms with Crippen LogP contribution >= 0.6 is 0 Å². The number of hydrogen-bond donors (Lipinski definition) is 1. The van der Waals surface area contributed by atoms with Gasteiger partial charge < -0.3 is 10.5 Å². The highest BCUT2D eigenvalue weighted by atomic mass is 16.5. The standard InChI is InChI=1S/C14H23N3O/c1-6-10-11-13(7-2)17(12(5)15)16-14(8-3)18-9-4/h1,7,10-12H,8-9,15H2,2-5H3/b11-10-,13-7+,16-14+. The highest BCUT2D eigenvalue weighted by Crippen LogP contribution is 2.11. The van der Waals surface area contributed by atoms with Crippen LogP contribution in [0.1, 0.15) is 34.1 Å². The molecule has 0 saturated heterocycles. The van der Waals surface area contributed by atoms with Crippen LogP contribution in [0.5, 0.6) is 0 Å². The van der Waals surface area contributed by atoms with Crippen LogP contribution in [-0.4, -0.2) is 23.7 Å². The highest BCUT2D eigenvalue weighted by Gasteiger charge is 2.11. The summed E-state index contributed by atoms with van der Waals surface area (Å²) in [7, 11) is 0. The molecule has 0 heterocycles. The molecule has 1 unspecified atom stereocenters. The van der Waals surface area contributed by atoms with Crippen molar-refractivity contribution in [2.75, 3.05) is 6.61 Å². The van der Waals surface area contributed by atoms with Crippen LogP contribution in [0.2, 0.25) is 0 Å². The fraction of sp³-hybridized carbons (Fsp3) is 0.500. The summed E-state index contributed by atoms with van der Waals surface area (Å²) in [4.78, 5) is 0. The van der Waals surface area contributed by atoms with E-state index < -0.39 is 0 Å². The Morgan fingerprint density at radius 1 is 1.56 bits per heavy atom. The largest absolute Gasteiger partial charge is 0.480 e. The smallest absolute Gasteiger partial charge is 0.206 e. The summed E-state index contributed by atoms with van der Waals surface area (Å²) in [5.41, 5.74) is 6.76. The molecule has 0 spiro atoms. The Morgan fingerprint density at radius 2 is 2.22 bits per heavy atom. The van der Waals surface area contributed by atoms with Crippen molar-refractivity contribution in [3.8, 4) is 12.3 Å². The van der Waals surface area contributed by atoms with Gasteiger partial charge in [-0.25, -0.2) is 5.01 Å². The molecule has 0 saturated carbocycles. The molecule has 18 heavy (non-hydrogen) atoms. The van der Waals surface area contributed by atoms with Crippen molar-refractivity contribution in [1.82, 2.24) is 5.01 Å². The van der Waals surface area contributed by atoms with E-state index in [9.17, 15) is 0 Å². The van der Waals surface area contributed by atoms with Crippen LogP contribution in [-0.2, 0) is 4.74 Å². The summed E-state index contributed by atoms with van der Waals surface area (Å²) < 4.78 is 5.43. The summed E-state index contributed by atoms with van der Waals surface area (Å²) >= 11 is 0.